The first kappa shape index (κ1) is 10.5. The van der Waals surface area contributed by atoms with E-state index in [9.17, 15) is 9.18 Å². The molecule has 1 rings (SSSR count). The van der Waals surface area contributed by atoms with Gasteiger partial charge in [0, 0.05) is 6.07 Å². The summed E-state index contributed by atoms with van der Waals surface area (Å²) in [7, 11) is 0. The molecule has 76 valence electrons. The van der Waals surface area contributed by atoms with Gasteiger partial charge in [0.1, 0.15) is 11.6 Å². The highest BCUT2D eigenvalue weighted by molar-refractivity contribution is 5.76. The summed E-state index contributed by atoms with van der Waals surface area (Å²) in [5.41, 5.74) is -1.35. The second-order valence-electron chi connectivity index (χ2n) is 3.37. The first-order valence-corrected chi connectivity index (χ1v) is 4.10. The molecule has 1 N–H and O–H groups in total. The highest BCUT2D eigenvalue weighted by Gasteiger charge is 2.29. The largest absolute Gasteiger partial charge is 0.478 e. The van der Waals surface area contributed by atoms with E-state index in [4.69, 9.17) is 9.84 Å². The van der Waals surface area contributed by atoms with Crippen molar-refractivity contribution in [3.05, 3.63) is 30.1 Å². The van der Waals surface area contributed by atoms with Crippen LogP contribution in [0.25, 0.3) is 0 Å². The van der Waals surface area contributed by atoms with Crippen molar-refractivity contribution in [3.63, 3.8) is 0 Å². The molecule has 0 aromatic heterocycles. The molecule has 0 saturated carbocycles. The molecule has 1 aromatic rings. The number of carboxylic acids is 1. The Balaban J connectivity index is 2.83. The van der Waals surface area contributed by atoms with Crippen LogP contribution in [-0.2, 0) is 4.79 Å². The summed E-state index contributed by atoms with van der Waals surface area (Å²) in [4.78, 5) is 10.7. The van der Waals surface area contributed by atoms with Crippen LogP contribution in [0.5, 0.6) is 5.75 Å². The number of ether oxygens (including phenoxy) is 1. The predicted molar refractivity (Wildman–Crippen MR) is 48.7 cm³/mol. The zero-order valence-electron chi connectivity index (χ0n) is 7.95. The Kier molecular flexibility index (Phi) is 2.74. The van der Waals surface area contributed by atoms with E-state index in [1.807, 2.05) is 0 Å². The first-order chi connectivity index (χ1) is 6.42. The van der Waals surface area contributed by atoms with E-state index in [0.717, 1.165) is 6.07 Å². The topological polar surface area (TPSA) is 46.5 Å². The molecule has 0 aliphatic rings. The fourth-order valence-corrected chi connectivity index (χ4v) is 0.869. The average molecular weight is 198 g/mol. The lowest BCUT2D eigenvalue weighted by Crippen LogP contribution is -2.37. The van der Waals surface area contributed by atoms with Gasteiger partial charge in [-0.05, 0) is 26.0 Å². The van der Waals surface area contributed by atoms with Crippen LogP contribution in [0.3, 0.4) is 0 Å². The van der Waals surface area contributed by atoms with Crippen LogP contribution >= 0.6 is 0 Å². The monoisotopic (exact) mass is 198 g/mol. The van der Waals surface area contributed by atoms with E-state index in [0.29, 0.717) is 0 Å². The zero-order chi connectivity index (χ0) is 10.8. The second kappa shape index (κ2) is 3.65. The first-order valence-electron chi connectivity index (χ1n) is 4.10. The number of halogens is 1. The minimum atomic E-state index is -1.35. The van der Waals surface area contributed by atoms with Crippen LogP contribution < -0.4 is 4.74 Å². The van der Waals surface area contributed by atoms with E-state index in [2.05, 4.69) is 0 Å². The van der Waals surface area contributed by atoms with Gasteiger partial charge in [-0.2, -0.15) is 0 Å². The molecule has 1 aromatic carbocycles. The van der Waals surface area contributed by atoms with Gasteiger partial charge in [-0.15, -0.1) is 0 Å². The molecule has 0 aliphatic carbocycles. The molecule has 0 spiro atoms. The van der Waals surface area contributed by atoms with Crippen molar-refractivity contribution >= 4 is 5.97 Å². The predicted octanol–water partition coefficient (Wildman–Crippen LogP) is 2.07. The van der Waals surface area contributed by atoms with Crippen LogP contribution in [0.2, 0.25) is 0 Å². The van der Waals surface area contributed by atoms with Crippen molar-refractivity contribution in [1.29, 1.82) is 0 Å². The van der Waals surface area contributed by atoms with Gasteiger partial charge >= 0.3 is 5.97 Å². The zero-order valence-corrected chi connectivity index (χ0v) is 7.95. The lowest BCUT2D eigenvalue weighted by Gasteiger charge is -2.21. The fraction of sp³-hybridized carbons (Fsp3) is 0.300. The quantitative estimate of drug-likeness (QED) is 0.808. The van der Waals surface area contributed by atoms with E-state index >= 15 is 0 Å². The minimum absolute atomic E-state index is 0.206. The number of hydrogen-bond acceptors (Lipinski definition) is 2. The molecular formula is C10H11FO3. The summed E-state index contributed by atoms with van der Waals surface area (Å²) in [5.74, 6) is -1.34. The Morgan fingerprint density at radius 2 is 2.14 bits per heavy atom. The van der Waals surface area contributed by atoms with E-state index in [1.54, 1.807) is 0 Å². The van der Waals surface area contributed by atoms with Crippen LogP contribution in [0.15, 0.2) is 24.3 Å². The Bertz CT molecular complexity index is 347. The average Bonchev–Trinajstić information content (AvgIpc) is 2.02. The van der Waals surface area contributed by atoms with Crippen molar-refractivity contribution in [2.24, 2.45) is 0 Å². The molecule has 0 unspecified atom stereocenters. The Morgan fingerprint density at radius 3 is 2.64 bits per heavy atom. The third kappa shape index (κ3) is 2.45. The van der Waals surface area contributed by atoms with Gasteiger partial charge in [0.25, 0.3) is 0 Å². The molecule has 0 bridgehead atoms. The maximum Gasteiger partial charge on any atom is 0.347 e. The summed E-state index contributed by atoms with van der Waals surface area (Å²) in [6, 6.07) is 5.38. The molecule has 0 atom stereocenters. The summed E-state index contributed by atoms with van der Waals surface area (Å²) >= 11 is 0. The molecule has 0 aliphatic heterocycles. The number of benzene rings is 1. The Labute approximate surface area is 81.1 Å². The summed E-state index contributed by atoms with van der Waals surface area (Å²) in [5, 5.41) is 8.75. The molecular weight excluding hydrogens is 187 g/mol. The number of carbonyl (C=O) groups is 1. The highest BCUT2D eigenvalue weighted by atomic mass is 19.1. The summed E-state index contributed by atoms with van der Waals surface area (Å²) in [6.07, 6.45) is 0. The molecule has 0 heterocycles. The van der Waals surface area contributed by atoms with E-state index in [1.165, 1.54) is 32.0 Å². The van der Waals surface area contributed by atoms with Crippen molar-refractivity contribution in [2.45, 2.75) is 19.4 Å². The number of rotatable bonds is 3. The standard InChI is InChI=1S/C10H11FO3/c1-10(2,9(12)13)14-8-5-3-4-7(11)6-8/h3-6H,1-2H3,(H,12,13). The van der Waals surface area contributed by atoms with Gasteiger partial charge in [0.15, 0.2) is 5.60 Å². The lowest BCUT2D eigenvalue weighted by atomic mass is 10.1. The van der Waals surface area contributed by atoms with Crippen molar-refractivity contribution in [2.75, 3.05) is 0 Å². The van der Waals surface area contributed by atoms with Gasteiger partial charge in [0.05, 0.1) is 0 Å². The molecule has 0 fully saturated rings. The van der Waals surface area contributed by atoms with Gasteiger partial charge in [-0.1, -0.05) is 6.07 Å². The van der Waals surface area contributed by atoms with E-state index in [-0.39, 0.29) is 5.75 Å². The number of hydrogen-bond donors (Lipinski definition) is 1. The third-order valence-corrected chi connectivity index (χ3v) is 1.68. The van der Waals surface area contributed by atoms with Crippen LogP contribution in [0.1, 0.15) is 13.8 Å². The number of carboxylic acid groups (broad SMARTS) is 1. The fourth-order valence-electron chi connectivity index (χ4n) is 0.869. The Hall–Kier alpha value is -1.58. The molecule has 14 heavy (non-hydrogen) atoms. The molecule has 3 nitrogen and oxygen atoms in total. The minimum Gasteiger partial charge on any atom is -0.478 e. The van der Waals surface area contributed by atoms with Crippen molar-refractivity contribution < 1.29 is 19.0 Å². The van der Waals surface area contributed by atoms with Crippen LogP contribution in [0.4, 0.5) is 4.39 Å². The van der Waals surface area contributed by atoms with Crippen LogP contribution in [0, 0.1) is 5.82 Å². The summed E-state index contributed by atoms with van der Waals surface area (Å²) in [6.45, 7) is 2.81. The third-order valence-electron chi connectivity index (χ3n) is 1.68. The summed E-state index contributed by atoms with van der Waals surface area (Å²) < 4.78 is 17.8. The van der Waals surface area contributed by atoms with Crippen molar-refractivity contribution in [1.82, 2.24) is 0 Å². The highest BCUT2D eigenvalue weighted by Crippen LogP contribution is 2.19. The maximum absolute atomic E-state index is 12.7. The van der Waals surface area contributed by atoms with E-state index < -0.39 is 17.4 Å². The van der Waals surface area contributed by atoms with Gasteiger partial charge in [-0.3, -0.25) is 0 Å². The van der Waals surface area contributed by atoms with Gasteiger partial charge in [-0.25, -0.2) is 9.18 Å². The molecule has 0 saturated heterocycles. The van der Waals surface area contributed by atoms with Gasteiger partial charge < -0.3 is 9.84 Å². The SMILES string of the molecule is CC(C)(Oc1cccc(F)c1)C(=O)O. The lowest BCUT2D eigenvalue weighted by molar-refractivity contribution is -0.152. The maximum atomic E-state index is 12.7. The molecule has 4 heteroatoms. The second-order valence-corrected chi connectivity index (χ2v) is 3.37. The smallest absolute Gasteiger partial charge is 0.347 e. The van der Waals surface area contributed by atoms with Crippen molar-refractivity contribution in [3.8, 4) is 5.75 Å². The Morgan fingerprint density at radius 1 is 1.50 bits per heavy atom. The molecule has 0 amide bonds. The van der Waals surface area contributed by atoms with Crippen LogP contribution in [-0.4, -0.2) is 16.7 Å². The number of aliphatic carboxylic acids is 1. The molecule has 0 radical (unpaired) electrons. The van der Waals surface area contributed by atoms with Gasteiger partial charge in [0.2, 0.25) is 0 Å². The normalized spacial score (nSPS) is 11.1.